The van der Waals surface area contributed by atoms with E-state index < -0.39 is 23.2 Å². The summed E-state index contributed by atoms with van der Waals surface area (Å²) in [4.78, 5) is 0. The van der Waals surface area contributed by atoms with Crippen LogP contribution in [0.5, 0.6) is 0 Å². The summed E-state index contributed by atoms with van der Waals surface area (Å²) < 4.78 is 3.68. The van der Waals surface area contributed by atoms with E-state index in [1.54, 1.807) is 8.85 Å². The van der Waals surface area contributed by atoms with Crippen molar-refractivity contribution in [2.75, 3.05) is 0 Å². The molecule has 1 heterocycles. The SMILES string of the molecule is Brc1ccc2c(c1)C=C1C2=CS[CH]1[Zr+2][C]1=CC=CC1.[Cl-].[Cl-]. The molecule has 0 N–H and O–H groups in total. The maximum Gasteiger partial charge on any atom is -1.00 e. The fraction of sp³-hybridized carbons (Fsp3) is 0.125. The van der Waals surface area contributed by atoms with Crippen LogP contribution in [0.3, 0.4) is 0 Å². The van der Waals surface area contributed by atoms with Gasteiger partial charge in [0, 0.05) is 0 Å². The maximum absolute atomic E-state index is 3.57. The minimum atomic E-state index is -0.486. The van der Waals surface area contributed by atoms with Crippen molar-refractivity contribution in [3.8, 4) is 0 Å². The molecule has 106 valence electrons. The van der Waals surface area contributed by atoms with E-state index in [0.717, 1.165) is 2.96 Å². The van der Waals surface area contributed by atoms with Crippen LogP contribution in [-0.2, 0) is 23.2 Å². The van der Waals surface area contributed by atoms with E-state index in [1.807, 2.05) is 0 Å². The first-order chi connectivity index (χ1) is 9.31. The van der Waals surface area contributed by atoms with E-state index in [0.29, 0.717) is 0 Å². The van der Waals surface area contributed by atoms with Gasteiger partial charge in [-0.25, -0.2) is 0 Å². The van der Waals surface area contributed by atoms with Crippen LogP contribution in [0, 0.1) is 0 Å². The Morgan fingerprint density at radius 3 is 2.86 bits per heavy atom. The molecule has 0 aromatic heterocycles. The topological polar surface area (TPSA) is 0 Å². The number of thioether (sulfide) groups is 1. The number of rotatable bonds is 2. The van der Waals surface area contributed by atoms with Crippen molar-refractivity contribution in [3.05, 3.63) is 66.3 Å². The Labute approximate surface area is 161 Å². The van der Waals surface area contributed by atoms with Crippen LogP contribution in [-0.4, -0.2) is 2.96 Å². The zero-order chi connectivity index (χ0) is 12.8. The van der Waals surface area contributed by atoms with Gasteiger partial charge in [0.2, 0.25) is 0 Å². The normalized spacial score (nSPS) is 20.4. The van der Waals surface area contributed by atoms with Gasteiger partial charge < -0.3 is 24.8 Å². The zero-order valence-corrected chi connectivity index (χ0v) is 17.3. The molecule has 3 aliphatic rings. The van der Waals surface area contributed by atoms with Crippen molar-refractivity contribution in [1.29, 1.82) is 0 Å². The summed E-state index contributed by atoms with van der Waals surface area (Å²) in [6, 6.07) is 6.64. The number of benzene rings is 1. The van der Waals surface area contributed by atoms with Gasteiger partial charge in [0.25, 0.3) is 0 Å². The number of halogens is 3. The van der Waals surface area contributed by atoms with Gasteiger partial charge in [-0.3, -0.25) is 0 Å². The molecule has 0 saturated heterocycles. The minimum absolute atomic E-state index is 0. The fourth-order valence-corrected chi connectivity index (χ4v) is 8.76. The Kier molecular flexibility index (Phi) is 6.25. The van der Waals surface area contributed by atoms with Crippen LogP contribution in [0.15, 0.2) is 55.2 Å². The minimum Gasteiger partial charge on any atom is -1.00 e. The zero-order valence-electron chi connectivity index (χ0n) is 10.9. The molecule has 21 heavy (non-hydrogen) atoms. The summed E-state index contributed by atoms with van der Waals surface area (Å²) in [5.41, 5.74) is 5.90. The third-order valence-electron chi connectivity index (χ3n) is 3.62. The summed E-state index contributed by atoms with van der Waals surface area (Å²) in [7, 11) is 0. The predicted molar refractivity (Wildman–Crippen MR) is 83.3 cm³/mol. The van der Waals surface area contributed by atoms with Crippen LogP contribution < -0.4 is 24.8 Å². The van der Waals surface area contributed by atoms with Gasteiger partial charge in [-0.1, -0.05) is 0 Å². The van der Waals surface area contributed by atoms with Gasteiger partial charge in [-0.15, -0.1) is 0 Å². The molecule has 1 aromatic rings. The van der Waals surface area contributed by atoms with Crippen LogP contribution in [0.25, 0.3) is 11.6 Å². The molecule has 0 bridgehead atoms. The molecule has 1 unspecified atom stereocenters. The third-order valence-corrected chi connectivity index (χ3v) is 9.94. The van der Waals surface area contributed by atoms with Crippen molar-refractivity contribution < 1.29 is 48.0 Å². The van der Waals surface area contributed by atoms with Gasteiger partial charge in [0.15, 0.2) is 0 Å². The summed E-state index contributed by atoms with van der Waals surface area (Å²) in [6.45, 7) is 0. The second-order valence-corrected chi connectivity index (χ2v) is 11.5. The van der Waals surface area contributed by atoms with Crippen LogP contribution >= 0.6 is 27.7 Å². The Morgan fingerprint density at radius 1 is 1.24 bits per heavy atom. The van der Waals surface area contributed by atoms with Gasteiger partial charge in [-0.2, -0.15) is 0 Å². The Balaban J connectivity index is 0.000000807. The van der Waals surface area contributed by atoms with Crippen molar-refractivity contribution in [1.82, 2.24) is 0 Å². The second-order valence-electron chi connectivity index (χ2n) is 4.85. The smallest absolute Gasteiger partial charge is 1.00 e. The molecule has 5 heteroatoms. The van der Waals surface area contributed by atoms with Crippen molar-refractivity contribution in [3.63, 3.8) is 0 Å². The van der Waals surface area contributed by atoms with Crippen LogP contribution in [0.2, 0.25) is 0 Å². The number of hydrogen-bond donors (Lipinski definition) is 0. The van der Waals surface area contributed by atoms with E-state index in [9.17, 15) is 0 Å². The molecule has 0 nitrogen and oxygen atoms in total. The van der Waals surface area contributed by atoms with Crippen LogP contribution in [0.1, 0.15) is 17.5 Å². The molecule has 2 aliphatic carbocycles. The summed E-state index contributed by atoms with van der Waals surface area (Å²) in [5.74, 6) is 0. The standard InChI is InChI=1S/C11H6BrS.C5H5.2ClH.Zr/c12-9-1-2-10-7(4-9)3-8-5-13-6-11(8)10;1-2-4-5-3-1;;;/h1-6H;1-3H,4H2;2*1H;/q;;;;+2/p-2. The maximum atomic E-state index is 3.57. The molecule has 1 aromatic carbocycles. The quantitative estimate of drug-likeness (QED) is 0.538. The Hall–Kier alpha value is 0.473. The van der Waals surface area contributed by atoms with Crippen molar-refractivity contribution in [2.45, 2.75) is 9.38 Å². The van der Waals surface area contributed by atoms with E-state index in [4.69, 9.17) is 0 Å². The summed E-state index contributed by atoms with van der Waals surface area (Å²) in [5, 5.41) is 2.39. The third kappa shape index (κ3) is 3.38. The molecule has 1 aliphatic heterocycles. The molecule has 4 rings (SSSR count). The Morgan fingerprint density at radius 2 is 2.10 bits per heavy atom. The summed E-state index contributed by atoms with van der Waals surface area (Å²) in [6.07, 6.45) is 10.5. The van der Waals surface area contributed by atoms with E-state index in [-0.39, 0.29) is 24.8 Å². The molecular weight excluding hydrogens is 466 g/mol. The Bertz CT molecular complexity index is 692. The van der Waals surface area contributed by atoms with E-state index in [1.165, 1.54) is 27.6 Å². The monoisotopic (exact) mass is 474 g/mol. The molecule has 0 saturated carbocycles. The number of fused-ring (bicyclic) bond motifs is 3. The predicted octanol–water partition coefficient (Wildman–Crippen LogP) is -0.806. The van der Waals surface area contributed by atoms with Crippen molar-refractivity contribution in [2.24, 2.45) is 0 Å². The summed E-state index contributed by atoms with van der Waals surface area (Å²) >= 11 is 5.14. The average molecular weight is 477 g/mol. The first-order valence-electron chi connectivity index (χ1n) is 6.31. The molecule has 0 amide bonds. The number of allylic oxidation sites excluding steroid dienone is 5. The van der Waals surface area contributed by atoms with E-state index in [2.05, 4.69) is 75.6 Å². The first kappa shape index (κ1) is 17.8. The van der Waals surface area contributed by atoms with Gasteiger partial charge in [0.1, 0.15) is 0 Å². The van der Waals surface area contributed by atoms with E-state index >= 15 is 0 Å². The fourth-order valence-electron chi connectivity index (χ4n) is 2.69. The van der Waals surface area contributed by atoms with Gasteiger partial charge >= 0.3 is 138 Å². The largest absolute Gasteiger partial charge is 1.00 e. The van der Waals surface area contributed by atoms with Gasteiger partial charge in [0.05, 0.1) is 0 Å². The first-order valence-corrected chi connectivity index (χ1v) is 10.7. The van der Waals surface area contributed by atoms with Crippen LogP contribution in [0.4, 0.5) is 0 Å². The number of hydrogen-bond acceptors (Lipinski definition) is 1. The molecule has 0 fully saturated rings. The second kappa shape index (κ2) is 7.36. The molecule has 1 atom stereocenters. The molecule has 0 spiro atoms. The van der Waals surface area contributed by atoms with Crippen molar-refractivity contribution >= 4 is 39.3 Å². The molecule has 0 radical (unpaired) electrons. The average Bonchev–Trinajstić information content (AvgIpc) is 3.07. The van der Waals surface area contributed by atoms with Gasteiger partial charge in [-0.05, 0) is 0 Å². The molecular formula is C16H11BrCl2SZr.